The fourth-order valence-electron chi connectivity index (χ4n) is 3.07. The first-order valence-electron chi connectivity index (χ1n) is 8.81. The van der Waals surface area contributed by atoms with Gasteiger partial charge in [0.15, 0.2) is 0 Å². The summed E-state index contributed by atoms with van der Waals surface area (Å²) >= 11 is 7.21. The maximum absolute atomic E-state index is 12.8. The monoisotopic (exact) mass is 465 g/mol. The normalized spacial score (nSPS) is 11.3. The summed E-state index contributed by atoms with van der Waals surface area (Å²) in [6.45, 7) is 0. The van der Waals surface area contributed by atoms with Gasteiger partial charge in [-0.1, -0.05) is 35.9 Å². The number of esters is 1. The summed E-state index contributed by atoms with van der Waals surface area (Å²) in [7, 11) is -0.843. The van der Waals surface area contributed by atoms with Crippen molar-refractivity contribution in [2.24, 2.45) is 0 Å². The molecule has 0 aliphatic rings. The van der Waals surface area contributed by atoms with E-state index in [1.807, 2.05) is 24.3 Å². The molecule has 0 bridgehead atoms. The topological polar surface area (TPSA) is 72.9 Å². The highest BCUT2D eigenvalue weighted by Crippen LogP contribution is 2.44. The van der Waals surface area contributed by atoms with Crippen LogP contribution in [-0.2, 0) is 19.6 Å². The molecule has 3 aromatic carbocycles. The van der Waals surface area contributed by atoms with Crippen molar-refractivity contribution in [1.82, 2.24) is 0 Å². The minimum Gasteiger partial charge on any atom is -0.495 e. The number of carbonyl (C=O) groups is 1. The number of benzene rings is 3. The fraction of sp³-hybridized carbons (Fsp3) is 0.190. The third kappa shape index (κ3) is 4.66. The van der Waals surface area contributed by atoms with Crippen molar-refractivity contribution in [2.75, 3.05) is 30.5 Å². The number of sulfonamides is 1. The minimum atomic E-state index is -3.70. The van der Waals surface area contributed by atoms with Gasteiger partial charge in [-0.25, -0.2) is 12.7 Å². The first-order chi connectivity index (χ1) is 14.3. The average Bonchev–Trinajstić information content (AvgIpc) is 2.72. The molecule has 9 heteroatoms. The van der Waals surface area contributed by atoms with Gasteiger partial charge >= 0.3 is 5.97 Å². The van der Waals surface area contributed by atoms with Crippen LogP contribution in [0.5, 0.6) is 5.75 Å². The molecule has 0 unspecified atom stereocenters. The highest BCUT2D eigenvalue weighted by atomic mass is 35.5. The largest absolute Gasteiger partial charge is 0.495 e. The Morgan fingerprint density at radius 3 is 2.27 bits per heavy atom. The second-order valence-electron chi connectivity index (χ2n) is 6.34. The number of thioether (sulfide) groups is 1. The lowest BCUT2D eigenvalue weighted by molar-refractivity contribution is -0.137. The van der Waals surface area contributed by atoms with Gasteiger partial charge in [-0.2, -0.15) is 0 Å². The molecule has 3 aromatic rings. The number of methoxy groups -OCH3 is 2. The van der Waals surface area contributed by atoms with Crippen molar-refractivity contribution in [1.29, 1.82) is 0 Å². The van der Waals surface area contributed by atoms with Crippen LogP contribution in [0, 0.1) is 0 Å². The summed E-state index contributed by atoms with van der Waals surface area (Å²) in [6.07, 6.45) is 1.14. The molecular formula is C21H20ClNO5S2. The predicted octanol–water partition coefficient (Wildman–Crippen LogP) is 4.86. The number of carbonyl (C=O) groups excluding carboxylic acids is 1. The summed E-state index contributed by atoms with van der Waals surface area (Å²) in [5.41, 5.74) is 0.893. The van der Waals surface area contributed by atoms with Gasteiger partial charge in [-0.05, 0) is 30.3 Å². The van der Waals surface area contributed by atoms with Gasteiger partial charge in [0.05, 0.1) is 42.5 Å². The van der Waals surface area contributed by atoms with Gasteiger partial charge in [-0.3, -0.25) is 4.79 Å². The Bertz CT molecular complexity index is 1180. The maximum atomic E-state index is 12.8. The van der Waals surface area contributed by atoms with Crippen molar-refractivity contribution >= 4 is 61.5 Å². The molecular weight excluding hydrogens is 446 g/mol. The SMILES string of the molecule is COC(=O)CSc1cc(N(c2ccc(Cl)cc2)S(C)(=O)=O)c2ccccc2c1OC. The third-order valence-corrected chi connectivity index (χ3v) is 6.65. The van der Waals surface area contributed by atoms with Crippen LogP contribution in [0.3, 0.4) is 0 Å². The number of ether oxygens (including phenoxy) is 2. The molecule has 0 fully saturated rings. The van der Waals surface area contributed by atoms with Crippen molar-refractivity contribution in [2.45, 2.75) is 4.90 Å². The highest BCUT2D eigenvalue weighted by Gasteiger charge is 2.25. The quantitative estimate of drug-likeness (QED) is 0.366. The van der Waals surface area contributed by atoms with Gasteiger partial charge in [0.25, 0.3) is 0 Å². The summed E-state index contributed by atoms with van der Waals surface area (Å²) < 4.78 is 37.2. The van der Waals surface area contributed by atoms with Gasteiger partial charge in [0.2, 0.25) is 10.0 Å². The van der Waals surface area contributed by atoms with Crippen LogP contribution in [-0.4, -0.2) is 40.6 Å². The Labute approximate surface area is 184 Å². The number of halogens is 1. The summed E-state index contributed by atoms with van der Waals surface area (Å²) in [6, 6.07) is 15.6. The Morgan fingerprint density at radius 1 is 1.07 bits per heavy atom. The van der Waals surface area contributed by atoms with Gasteiger partial charge in [0, 0.05) is 15.8 Å². The van der Waals surface area contributed by atoms with Crippen LogP contribution in [0.15, 0.2) is 59.5 Å². The predicted molar refractivity (Wildman–Crippen MR) is 122 cm³/mol. The van der Waals surface area contributed by atoms with E-state index in [2.05, 4.69) is 0 Å². The molecule has 3 rings (SSSR count). The van der Waals surface area contributed by atoms with E-state index in [9.17, 15) is 13.2 Å². The van der Waals surface area contributed by atoms with Gasteiger partial charge in [0.1, 0.15) is 5.75 Å². The zero-order valence-corrected chi connectivity index (χ0v) is 19.0. The number of fused-ring (bicyclic) bond motifs is 1. The number of hydrogen-bond donors (Lipinski definition) is 0. The fourth-order valence-corrected chi connectivity index (χ4v) is 5.12. The smallest absolute Gasteiger partial charge is 0.315 e. The van der Waals surface area contributed by atoms with E-state index in [1.165, 1.54) is 30.3 Å². The maximum Gasteiger partial charge on any atom is 0.315 e. The molecule has 0 aromatic heterocycles. The second kappa shape index (κ2) is 9.16. The van der Waals surface area contributed by atoms with E-state index in [-0.39, 0.29) is 5.75 Å². The number of anilines is 2. The van der Waals surface area contributed by atoms with Crippen LogP contribution in [0.1, 0.15) is 0 Å². The molecule has 0 saturated heterocycles. The Kier molecular flexibility index (Phi) is 6.80. The molecule has 0 spiro atoms. The molecule has 0 saturated carbocycles. The summed E-state index contributed by atoms with van der Waals surface area (Å²) in [5, 5.41) is 1.92. The molecule has 0 N–H and O–H groups in total. The molecule has 30 heavy (non-hydrogen) atoms. The second-order valence-corrected chi connectivity index (χ2v) is 9.63. The van der Waals surface area contributed by atoms with Crippen LogP contribution < -0.4 is 9.04 Å². The highest BCUT2D eigenvalue weighted by molar-refractivity contribution is 8.00. The molecule has 158 valence electrons. The molecule has 6 nitrogen and oxygen atoms in total. The number of nitrogens with zero attached hydrogens (tertiary/aromatic N) is 1. The average molecular weight is 466 g/mol. The van der Waals surface area contributed by atoms with Crippen LogP contribution in [0.4, 0.5) is 11.4 Å². The summed E-state index contributed by atoms with van der Waals surface area (Å²) in [4.78, 5) is 12.3. The van der Waals surface area contributed by atoms with Crippen LogP contribution in [0.25, 0.3) is 10.8 Å². The molecule has 0 atom stereocenters. The Morgan fingerprint density at radius 2 is 1.70 bits per heavy atom. The van der Waals surface area contributed by atoms with Gasteiger partial charge < -0.3 is 9.47 Å². The van der Waals surface area contributed by atoms with Crippen molar-refractivity contribution in [3.8, 4) is 5.75 Å². The third-order valence-electron chi connectivity index (χ3n) is 4.33. The minimum absolute atomic E-state index is 0.0600. The zero-order chi connectivity index (χ0) is 21.9. The molecule has 0 heterocycles. The number of hydrogen-bond acceptors (Lipinski definition) is 6. The lowest BCUT2D eigenvalue weighted by atomic mass is 10.1. The van der Waals surface area contributed by atoms with Crippen molar-refractivity contribution < 1.29 is 22.7 Å². The zero-order valence-electron chi connectivity index (χ0n) is 16.6. The Hall–Kier alpha value is -2.42. The Balaban J connectivity index is 2.29. The van der Waals surface area contributed by atoms with E-state index in [1.54, 1.807) is 30.3 Å². The lowest BCUT2D eigenvalue weighted by Gasteiger charge is -2.26. The van der Waals surface area contributed by atoms with Crippen molar-refractivity contribution in [3.05, 3.63) is 59.6 Å². The molecule has 0 aliphatic carbocycles. The first kappa shape index (κ1) is 22.3. The van der Waals surface area contributed by atoms with E-state index in [0.717, 1.165) is 11.6 Å². The van der Waals surface area contributed by atoms with Crippen LogP contribution >= 0.6 is 23.4 Å². The van der Waals surface area contributed by atoms with E-state index >= 15 is 0 Å². The molecule has 0 aliphatic heterocycles. The van der Waals surface area contributed by atoms with Crippen molar-refractivity contribution in [3.63, 3.8) is 0 Å². The van der Waals surface area contributed by atoms with Gasteiger partial charge in [-0.15, -0.1) is 11.8 Å². The van der Waals surface area contributed by atoms with E-state index in [0.29, 0.717) is 32.4 Å². The number of rotatable bonds is 7. The standard InChI is InChI=1S/C21H20ClNO5S2/c1-27-20(24)13-29-19-12-18(16-6-4-5-7-17(16)21(19)28-2)23(30(3,25)26)15-10-8-14(22)9-11-15/h4-12H,13H2,1-3H3. The lowest BCUT2D eigenvalue weighted by Crippen LogP contribution is -2.25. The van der Waals surface area contributed by atoms with Crippen LogP contribution in [0.2, 0.25) is 5.02 Å². The first-order valence-corrected chi connectivity index (χ1v) is 12.0. The molecule has 0 radical (unpaired) electrons. The van der Waals surface area contributed by atoms with E-state index in [4.69, 9.17) is 21.1 Å². The molecule has 0 amide bonds. The summed E-state index contributed by atoms with van der Waals surface area (Å²) in [5.74, 6) is 0.229. The van der Waals surface area contributed by atoms with E-state index < -0.39 is 16.0 Å².